The lowest BCUT2D eigenvalue weighted by Crippen LogP contribution is -2.22. The summed E-state index contributed by atoms with van der Waals surface area (Å²) in [4.78, 5) is 26.6. The van der Waals surface area contributed by atoms with E-state index in [-0.39, 0.29) is 11.4 Å². The topological polar surface area (TPSA) is 97.0 Å². The fraction of sp³-hybridized carbons (Fsp3) is 0.273. The van der Waals surface area contributed by atoms with Gasteiger partial charge in [-0.25, -0.2) is 9.48 Å². The van der Waals surface area contributed by atoms with Gasteiger partial charge in [-0.05, 0) is 49.4 Å². The van der Waals surface area contributed by atoms with Gasteiger partial charge in [-0.3, -0.25) is 4.79 Å². The summed E-state index contributed by atoms with van der Waals surface area (Å²) in [5.74, 6) is -0.788. The third kappa shape index (κ3) is 4.26. The zero-order valence-electron chi connectivity index (χ0n) is 16.3. The number of carbonyl (C=O) groups is 2. The van der Waals surface area contributed by atoms with E-state index in [1.54, 1.807) is 0 Å². The van der Waals surface area contributed by atoms with Gasteiger partial charge >= 0.3 is 5.97 Å². The average Bonchev–Trinajstić information content (AvgIpc) is 3.30. The van der Waals surface area contributed by atoms with Crippen LogP contribution < -0.4 is 5.32 Å². The number of nitrogens with one attached hydrogen (secondary N) is 1. The van der Waals surface area contributed by atoms with E-state index in [1.165, 1.54) is 39.1 Å². The van der Waals surface area contributed by atoms with Gasteiger partial charge in [0.05, 0.1) is 11.9 Å². The van der Waals surface area contributed by atoms with E-state index in [2.05, 4.69) is 10.4 Å². The van der Waals surface area contributed by atoms with Crippen LogP contribution in [0.3, 0.4) is 0 Å². The molecule has 2 heterocycles. The van der Waals surface area contributed by atoms with Crippen molar-refractivity contribution in [1.82, 2.24) is 9.78 Å². The smallest absolute Gasteiger partial charge is 0.348 e. The number of hydrogen-bond donors (Lipinski definition) is 1. The minimum absolute atomic E-state index is 0.223. The molecule has 0 radical (unpaired) electrons. The number of aromatic nitrogens is 2. The van der Waals surface area contributed by atoms with Crippen LogP contribution in [-0.4, -0.2) is 28.3 Å². The number of para-hydroxylation sites is 1. The van der Waals surface area contributed by atoms with Gasteiger partial charge in [-0.15, -0.1) is 11.3 Å². The van der Waals surface area contributed by atoms with E-state index in [0.29, 0.717) is 10.6 Å². The molecule has 0 saturated carbocycles. The molecule has 0 unspecified atom stereocenters. The fourth-order valence-corrected chi connectivity index (χ4v) is 4.60. The normalized spacial score (nSPS) is 13.0. The lowest BCUT2D eigenvalue weighted by Gasteiger charge is -2.09. The molecule has 1 amide bonds. The van der Waals surface area contributed by atoms with Crippen molar-refractivity contribution in [2.24, 2.45) is 0 Å². The summed E-state index contributed by atoms with van der Waals surface area (Å²) in [6, 6.07) is 13.0. The lowest BCUT2D eigenvalue weighted by molar-refractivity contribution is -0.119. The van der Waals surface area contributed by atoms with Gasteiger partial charge in [0.1, 0.15) is 16.5 Å². The number of thiophene rings is 1. The second-order valence-electron chi connectivity index (χ2n) is 7.01. The quantitative estimate of drug-likeness (QED) is 0.499. The number of esters is 1. The monoisotopic (exact) mass is 420 g/mol. The third-order valence-electron chi connectivity index (χ3n) is 4.93. The molecule has 152 valence electrons. The van der Waals surface area contributed by atoms with Crippen LogP contribution >= 0.6 is 11.3 Å². The van der Waals surface area contributed by atoms with Crippen LogP contribution in [0.4, 0.5) is 5.82 Å². The van der Waals surface area contributed by atoms with Crippen LogP contribution in [0.15, 0.2) is 42.6 Å². The van der Waals surface area contributed by atoms with E-state index in [0.717, 1.165) is 25.7 Å². The largest absolute Gasteiger partial charge is 0.451 e. The molecule has 0 saturated heterocycles. The molecule has 0 aliphatic heterocycles. The van der Waals surface area contributed by atoms with E-state index < -0.39 is 18.5 Å². The highest BCUT2D eigenvalue weighted by Crippen LogP contribution is 2.29. The van der Waals surface area contributed by atoms with Gasteiger partial charge in [0.25, 0.3) is 5.91 Å². The number of aryl methyl sites for hydroxylation is 2. The zero-order valence-corrected chi connectivity index (χ0v) is 17.1. The summed E-state index contributed by atoms with van der Waals surface area (Å²) in [6.07, 6.45) is 6.85. The Hall–Kier alpha value is -3.44. The first kappa shape index (κ1) is 19.9. The van der Waals surface area contributed by atoms with Crippen molar-refractivity contribution >= 4 is 29.0 Å². The Labute approximate surface area is 177 Å². The Morgan fingerprint density at radius 2 is 2.00 bits per heavy atom. The number of nitrogens with zero attached hydrogens (tertiary/aromatic N) is 3. The van der Waals surface area contributed by atoms with Crippen LogP contribution in [0.5, 0.6) is 0 Å². The molecule has 30 heavy (non-hydrogen) atoms. The highest BCUT2D eigenvalue weighted by Gasteiger charge is 2.20. The molecular formula is C22H20N4O3S. The molecule has 1 aromatic carbocycles. The maximum Gasteiger partial charge on any atom is 0.348 e. The molecule has 0 spiro atoms. The van der Waals surface area contributed by atoms with Crippen LogP contribution in [-0.2, 0) is 22.4 Å². The predicted molar refractivity (Wildman–Crippen MR) is 113 cm³/mol. The minimum atomic E-state index is -0.532. The summed E-state index contributed by atoms with van der Waals surface area (Å²) < 4.78 is 6.68. The molecule has 7 nitrogen and oxygen atoms in total. The molecule has 1 N–H and O–H groups in total. The van der Waals surface area contributed by atoms with Gasteiger partial charge in [-0.2, -0.15) is 10.4 Å². The highest BCUT2D eigenvalue weighted by molar-refractivity contribution is 7.14. The van der Waals surface area contributed by atoms with Gasteiger partial charge in [0, 0.05) is 4.88 Å². The zero-order chi connectivity index (χ0) is 20.9. The number of anilines is 1. The Kier molecular flexibility index (Phi) is 5.91. The molecule has 2 aromatic heterocycles. The third-order valence-corrected chi connectivity index (χ3v) is 6.15. The molecule has 8 heteroatoms. The molecule has 1 aliphatic rings. The van der Waals surface area contributed by atoms with Crippen molar-refractivity contribution in [3.8, 4) is 11.8 Å². The van der Waals surface area contributed by atoms with Crippen molar-refractivity contribution in [2.75, 3.05) is 11.9 Å². The van der Waals surface area contributed by atoms with Crippen LogP contribution in [0, 0.1) is 11.3 Å². The molecule has 0 bridgehead atoms. The predicted octanol–water partition coefficient (Wildman–Crippen LogP) is 3.87. The number of hydrogen-bond acceptors (Lipinski definition) is 6. The molecule has 3 aromatic rings. The Bertz CT molecular complexity index is 1090. The van der Waals surface area contributed by atoms with Crippen LogP contribution in [0.25, 0.3) is 5.69 Å². The first-order valence-electron chi connectivity index (χ1n) is 9.78. The number of carbonyl (C=O) groups excluding carboxylic acids is 2. The molecular weight excluding hydrogens is 400 g/mol. The van der Waals surface area contributed by atoms with Crippen molar-refractivity contribution in [1.29, 1.82) is 5.26 Å². The minimum Gasteiger partial charge on any atom is -0.451 e. The summed E-state index contributed by atoms with van der Waals surface area (Å²) in [5.41, 5.74) is 2.14. The second-order valence-corrected chi connectivity index (χ2v) is 8.15. The van der Waals surface area contributed by atoms with E-state index in [9.17, 15) is 14.9 Å². The Balaban J connectivity index is 1.42. The SMILES string of the molecule is N#Cc1cnn(-c2ccccc2)c1NC(=O)COC(=O)c1cc2c(s1)CCCCC2. The van der Waals surface area contributed by atoms with Gasteiger partial charge in [0.2, 0.25) is 0 Å². The van der Waals surface area contributed by atoms with E-state index >= 15 is 0 Å². The van der Waals surface area contributed by atoms with Crippen molar-refractivity contribution < 1.29 is 14.3 Å². The Morgan fingerprint density at radius 3 is 2.80 bits per heavy atom. The standard InChI is InChI=1S/C22H20N4O3S/c23-12-16-13-24-26(17-8-4-2-5-9-17)21(16)25-20(27)14-29-22(28)19-11-15-7-3-1-6-10-18(15)30-19/h2,4-5,8-9,11,13H,1,3,6-7,10,14H2,(H,25,27). The number of benzene rings is 1. The lowest BCUT2D eigenvalue weighted by atomic mass is 10.1. The molecule has 0 atom stereocenters. The molecule has 0 fully saturated rings. The van der Waals surface area contributed by atoms with E-state index in [4.69, 9.17) is 4.74 Å². The van der Waals surface area contributed by atoms with Gasteiger partial charge in [0.15, 0.2) is 12.4 Å². The average molecular weight is 420 g/mol. The first-order chi connectivity index (χ1) is 14.7. The molecule has 4 rings (SSSR count). The number of nitriles is 1. The number of ether oxygens (including phenoxy) is 1. The summed E-state index contributed by atoms with van der Waals surface area (Å²) in [6.45, 7) is -0.438. The van der Waals surface area contributed by atoms with E-state index in [1.807, 2.05) is 42.5 Å². The summed E-state index contributed by atoms with van der Waals surface area (Å²) in [5, 5.41) is 16.1. The highest BCUT2D eigenvalue weighted by atomic mass is 32.1. The van der Waals surface area contributed by atoms with Gasteiger partial charge in [-0.1, -0.05) is 24.6 Å². The molecule has 1 aliphatic carbocycles. The van der Waals surface area contributed by atoms with Crippen LogP contribution in [0.2, 0.25) is 0 Å². The van der Waals surface area contributed by atoms with Crippen molar-refractivity contribution in [3.63, 3.8) is 0 Å². The van der Waals surface area contributed by atoms with Crippen molar-refractivity contribution in [2.45, 2.75) is 32.1 Å². The summed E-state index contributed by atoms with van der Waals surface area (Å²) in [7, 11) is 0. The maximum absolute atomic E-state index is 12.4. The van der Waals surface area contributed by atoms with Crippen LogP contribution in [0.1, 0.15) is 44.9 Å². The maximum atomic E-state index is 12.4. The van der Waals surface area contributed by atoms with Crippen molar-refractivity contribution in [3.05, 3.63) is 63.5 Å². The Morgan fingerprint density at radius 1 is 1.20 bits per heavy atom. The number of rotatable bonds is 5. The second kappa shape index (κ2) is 8.93. The number of amides is 1. The first-order valence-corrected chi connectivity index (χ1v) is 10.6. The fourth-order valence-electron chi connectivity index (χ4n) is 3.45. The number of fused-ring (bicyclic) bond motifs is 1. The van der Waals surface area contributed by atoms with Gasteiger partial charge < -0.3 is 10.1 Å². The summed E-state index contributed by atoms with van der Waals surface area (Å²) >= 11 is 1.46.